The Hall–Kier alpha value is 0.0900. The van der Waals surface area contributed by atoms with Gasteiger partial charge in [-0.1, -0.05) is 0 Å². The molecular weight excluding hydrogens is 260 g/mol. The van der Waals surface area contributed by atoms with Crippen LogP contribution in [0.15, 0.2) is 0 Å². The highest BCUT2D eigenvalue weighted by Gasteiger charge is 2.57. The van der Waals surface area contributed by atoms with Crippen LogP contribution >= 0.6 is 11.6 Å². The third kappa shape index (κ3) is 2.17. The SMILES string of the molecule is CC1(C)O[C@@H]2O[C@H]([C@@H]3COC(C)(C)O3)[C@H](Cl)[C@@H]2O1. The average molecular weight is 279 g/mol. The molecule has 3 rings (SSSR count). The Morgan fingerprint density at radius 3 is 2.22 bits per heavy atom. The summed E-state index contributed by atoms with van der Waals surface area (Å²) < 4.78 is 28.5. The maximum atomic E-state index is 6.41. The third-order valence-electron chi connectivity index (χ3n) is 3.40. The molecule has 0 amide bonds. The molecule has 5 atom stereocenters. The first-order valence-electron chi connectivity index (χ1n) is 6.24. The normalized spacial score (nSPS) is 49.5. The molecule has 0 spiro atoms. The highest BCUT2D eigenvalue weighted by Crippen LogP contribution is 2.42. The molecule has 3 heterocycles. The minimum absolute atomic E-state index is 0.177. The van der Waals surface area contributed by atoms with Crippen molar-refractivity contribution < 1.29 is 23.7 Å². The van der Waals surface area contributed by atoms with E-state index in [1.807, 2.05) is 27.7 Å². The summed E-state index contributed by atoms with van der Waals surface area (Å²) in [5, 5.41) is -0.292. The molecule has 0 aromatic rings. The van der Waals surface area contributed by atoms with Crippen molar-refractivity contribution in [3.05, 3.63) is 0 Å². The lowest BCUT2D eigenvalue weighted by Gasteiger charge is -2.26. The van der Waals surface area contributed by atoms with E-state index < -0.39 is 17.9 Å². The van der Waals surface area contributed by atoms with Gasteiger partial charge in [-0.2, -0.15) is 0 Å². The predicted molar refractivity (Wildman–Crippen MR) is 63.2 cm³/mol. The molecule has 0 aromatic carbocycles. The number of halogens is 1. The van der Waals surface area contributed by atoms with Crippen molar-refractivity contribution in [2.75, 3.05) is 6.61 Å². The molecule has 3 aliphatic heterocycles. The molecule has 18 heavy (non-hydrogen) atoms. The Labute approximate surface area is 112 Å². The third-order valence-corrected chi connectivity index (χ3v) is 3.90. The molecule has 3 aliphatic rings. The minimum Gasteiger partial charge on any atom is -0.348 e. The van der Waals surface area contributed by atoms with Gasteiger partial charge < -0.3 is 23.7 Å². The van der Waals surface area contributed by atoms with Gasteiger partial charge in [0, 0.05) is 0 Å². The standard InChI is InChI=1S/C12H19ClO5/c1-11(2)14-5-6(16-11)8-7(13)9-10(15-8)18-12(3,4)17-9/h6-10H,5H2,1-4H3/t6-,7-,8+,9-,10-/m0/s1. The molecule has 0 radical (unpaired) electrons. The Kier molecular flexibility index (Phi) is 2.94. The highest BCUT2D eigenvalue weighted by atomic mass is 35.5. The van der Waals surface area contributed by atoms with Crippen LogP contribution in [0.3, 0.4) is 0 Å². The van der Waals surface area contributed by atoms with Crippen LogP contribution in [0.1, 0.15) is 27.7 Å². The van der Waals surface area contributed by atoms with Crippen LogP contribution in [0.25, 0.3) is 0 Å². The van der Waals surface area contributed by atoms with Crippen LogP contribution < -0.4 is 0 Å². The maximum absolute atomic E-state index is 6.41. The summed E-state index contributed by atoms with van der Waals surface area (Å²) >= 11 is 6.41. The van der Waals surface area contributed by atoms with Crippen LogP contribution in [0.5, 0.6) is 0 Å². The van der Waals surface area contributed by atoms with E-state index in [-0.39, 0.29) is 23.7 Å². The van der Waals surface area contributed by atoms with Gasteiger partial charge in [-0.3, -0.25) is 0 Å². The number of ether oxygens (including phenoxy) is 5. The number of hydrogen-bond donors (Lipinski definition) is 0. The minimum atomic E-state index is -0.639. The van der Waals surface area contributed by atoms with Gasteiger partial charge in [-0.05, 0) is 27.7 Å². The molecule has 5 nitrogen and oxygen atoms in total. The molecule has 0 N–H and O–H groups in total. The number of hydrogen-bond acceptors (Lipinski definition) is 5. The van der Waals surface area contributed by atoms with Gasteiger partial charge in [0.2, 0.25) is 0 Å². The van der Waals surface area contributed by atoms with E-state index in [4.69, 9.17) is 35.3 Å². The molecule has 6 heteroatoms. The summed E-state index contributed by atoms with van der Waals surface area (Å²) in [6.07, 6.45) is -1.11. The fourth-order valence-corrected chi connectivity index (χ4v) is 3.06. The smallest absolute Gasteiger partial charge is 0.189 e. The molecule has 0 unspecified atom stereocenters. The summed E-state index contributed by atoms with van der Waals surface area (Å²) in [5.41, 5.74) is 0. The molecule has 0 aromatic heterocycles. The van der Waals surface area contributed by atoms with Crippen LogP contribution in [0, 0.1) is 0 Å². The molecular formula is C12H19ClO5. The van der Waals surface area contributed by atoms with Crippen molar-refractivity contribution in [3.63, 3.8) is 0 Å². The number of rotatable bonds is 1. The first-order valence-corrected chi connectivity index (χ1v) is 6.68. The monoisotopic (exact) mass is 278 g/mol. The summed E-state index contributed by atoms with van der Waals surface area (Å²) in [5.74, 6) is -1.22. The summed E-state index contributed by atoms with van der Waals surface area (Å²) in [6.45, 7) is 7.94. The zero-order valence-electron chi connectivity index (χ0n) is 11.0. The molecule has 0 aliphatic carbocycles. The number of alkyl halides is 1. The predicted octanol–water partition coefficient (Wildman–Crippen LogP) is 1.62. The Morgan fingerprint density at radius 1 is 0.944 bits per heavy atom. The van der Waals surface area contributed by atoms with E-state index >= 15 is 0 Å². The Balaban J connectivity index is 1.68. The fraction of sp³-hybridized carbons (Fsp3) is 1.00. The largest absolute Gasteiger partial charge is 0.348 e. The second-order valence-corrected chi connectivity index (χ2v) is 6.38. The molecule has 0 saturated carbocycles. The van der Waals surface area contributed by atoms with E-state index in [0.29, 0.717) is 6.61 Å². The van der Waals surface area contributed by atoms with E-state index in [9.17, 15) is 0 Å². The van der Waals surface area contributed by atoms with Crippen molar-refractivity contribution in [1.29, 1.82) is 0 Å². The second kappa shape index (κ2) is 4.04. The van der Waals surface area contributed by atoms with E-state index in [0.717, 1.165) is 0 Å². The maximum Gasteiger partial charge on any atom is 0.189 e. The van der Waals surface area contributed by atoms with Gasteiger partial charge >= 0.3 is 0 Å². The molecule has 3 fully saturated rings. The van der Waals surface area contributed by atoms with Crippen molar-refractivity contribution in [3.8, 4) is 0 Å². The lowest BCUT2D eigenvalue weighted by atomic mass is 10.1. The van der Waals surface area contributed by atoms with Gasteiger partial charge in [-0.15, -0.1) is 11.6 Å². The van der Waals surface area contributed by atoms with Crippen LogP contribution in [-0.4, -0.2) is 48.2 Å². The first-order chi connectivity index (χ1) is 8.27. The summed E-state index contributed by atoms with van der Waals surface area (Å²) in [6, 6.07) is 0. The molecule has 0 bridgehead atoms. The van der Waals surface area contributed by atoms with Crippen LogP contribution in [0.4, 0.5) is 0 Å². The van der Waals surface area contributed by atoms with Crippen LogP contribution in [0.2, 0.25) is 0 Å². The van der Waals surface area contributed by atoms with E-state index in [1.165, 1.54) is 0 Å². The Bertz CT molecular complexity index is 345. The zero-order valence-corrected chi connectivity index (χ0v) is 11.8. The summed E-state index contributed by atoms with van der Waals surface area (Å²) in [4.78, 5) is 0. The van der Waals surface area contributed by atoms with E-state index in [1.54, 1.807) is 0 Å². The number of fused-ring (bicyclic) bond motifs is 1. The second-order valence-electron chi connectivity index (χ2n) is 5.88. The quantitative estimate of drug-likeness (QED) is 0.682. The topological polar surface area (TPSA) is 46.2 Å². The van der Waals surface area contributed by atoms with Crippen molar-refractivity contribution in [1.82, 2.24) is 0 Å². The van der Waals surface area contributed by atoms with E-state index in [2.05, 4.69) is 0 Å². The highest BCUT2D eigenvalue weighted by molar-refractivity contribution is 6.21. The van der Waals surface area contributed by atoms with Crippen molar-refractivity contribution in [2.45, 2.75) is 69.2 Å². The molecule has 104 valence electrons. The molecule has 3 saturated heterocycles. The van der Waals surface area contributed by atoms with Crippen molar-refractivity contribution >= 4 is 11.6 Å². The fourth-order valence-electron chi connectivity index (χ4n) is 2.67. The van der Waals surface area contributed by atoms with Gasteiger partial charge in [-0.25, -0.2) is 0 Å². The Morgan fingerprint density at radius 2 is 1.67 bits per heavy atom. The lowest BCUT2D eigenvalue weighted by Crippen LogP contribution is -2.39. The van der Waals surface area contributed by atoms with Gasteiger partial charge in [0.05, 0.1) is 12.0 Å². The zero-order chi connectivity index (χ0) is 13.1. The van der Waals surface area contributed by atoms with Gasteiger partial charge in [0.15, 0.2) is 17.9 Å². The summed E-state index contributed by atoms with van der Waals surface area (Å²) in [7, 11) is 0. The van der Waals surface area contributed by atoms with Crippen LogP contribution in [-0.2, 0) is 23.7 Å². The average Bonchev–Trinajstić information content (AvgIpc) is 2.81. The van der Waals surface area contributed by atoms with Gasteiger partial charge in [0.25, 0.3) is 0 Å². The van der Waals surface area contributed by atoms with Crippen molar-refractivity contribution in [2.24, 2.45) is 0 Å². The first kappa shape index (κ1) is 13.1. The van der Waals surface area contributed by atoms with Gasteiger partial charge in [0.1, 0.15) is 18.3 Å². The lowest BCUT2D eigenvalue weighted by molar-refractivity contribution is -0.220.